The Morgan fingerprint density at radius 3 is 2.69 bits per heavy atom. The van der Waals surface area contributed by atoms with Crippen LogP contribution in [0.25, 0.3) is 0 Å². The normalized spacial score (nSPS) is 10.2. The number of nitrogens with zero attached hydrogens (tertiary/aromatic N) is 1. The fourth-order valence-electron chi connectivity index (χ4n) is 1.51. The summed E-state index contributed by atoms with van der Waals surface area (Å²) in [5.41, 5.74) is 7.47. The topological polar surface area (TPSA) is 46.3 Å². The van der Waals surface area contributed by atoms with E-state index in [2.05, 4.69) is 15.9 Å². The van der Waals surface area contributed by atoms with Crippen molar-refractivity contribution in [3.05, 3.63) is 28.2 Å². The average molecular weight is 285 g/mol. The van der Waals surface area contributed by atoms with Crippen LogP contribution in [0.1, 0.15) is 18.9 Å². The Labute approximate surface area is 105 Å². The predicted octanol–water partition coefficient (Wildman–Crippen LogP) is 2.46. The second kappa shape index (κ2) is 6.01. The third-order valence-electron chi connectivity index (χ3n) is 2.44. The molecule has 0 bridgehead atoms. The van der Waals surface area contributed by atoms with E-state index in [0.29, 0.717) is 19.5 Å². The lowest BCUT2D eigenvalue weighted by Crippen LogP contribution is -2.32. The van der Waals surface area contributed by atoms with Gasteiger partial charge in [-0.15, -0.1) is 0 Å². The average Bonchev–Trinajstić information content (AvgIpc) is 2.25. The number of hydrogen-bond acceptors (Lipinski definition) is 2. The van der Waals surface area contributed by atoms with E-state index in [4.69, 9.17) is 5.73 Å². The number of amides is 1. The summed E-state index contributed by atoms with van der Waals surface area (Å²) in [5.74, 6) is 0.0701. The molecule has 2 N–H and O–H groups in total. The Morgan fingerprint density at radius 2 is 2.19 bits per heavy atom. The summed E-state index contributed by atoms with van der Waals surface area (Å²) in [5, 5.41) is 0. The fraction of sp³-hybridized carbons (Fsp3) is 0.417. The molecule has 1 aromatic rings. The Balaban J connectivity index is 2.95. The van der Waals surface area contributed by atoms with Crippen molar-refractivity contribution in [2.24, 2.45) is 5.73 Å². The molecule has 0 atom stereocenters. The van der Waals surface area contributed by atoms with Gasteiger partial charge in [-0.05, 0) is 31.5 Å². The number of rotatable bonds is 4. The Kier molecular flexibility index (Phi) is 4.96. The van der Waals surface area contributed by atoms with Crippen molar-refractivity contribution < 1.29 is 4.79 Å². The number of aryl methyl sites for hydroxylation is 1. The third-order valence-corrected chi connectivity index (χ3v) is 3.30. The van der Waals surface area contributed by atoms with Gasteiger partial charge in [0.2, 0.25) is 5.91 Å². The zero-order chi connectivity index (χ0) is 12.1. The van der Waals surface area contributed by atoms with Crippen LogP contribution in [0.15, 0.2) is 22.7 Å². The van der Waals surface area contributed by atoms with Gasteiger partial charge in [-0.25, -0.2) is 0 Å². The van der Waals surface area contributed by atoms with E-state index in [1.54, 1.807) is 4.90 Å². The first-order chi connectivity index (χ1) is 7.60. The van der Waals surface area contributed by atoms with E-state index in [9.17, 15) is 4.79 Å². The summed E-state index contributed by atoms with van der Waals surface area (Å²) in [6.45, 7) is 5.03. The van der Waals surface area contributed by atoms with Crippen LogP contribution in [0.2, 0.25) is 0 Å². The molecule has 1 rings (SSSR count). The summed E-state index contributed by atoms with van der Waals surface area (Å²) >= 11 is 3.47. The molecule has 88 valence electrons. The van der Waals surface area contributed by atoms with Crippen LogP contribution in [0.5, 0.6) is 0 Å². The van der Waals surface area contributed by atoms with E-state index in [1.807, 2.05) is 32.0 Å². The predicted molar refractivity (Wildman–Crippen MR) is 70.6 cm³/mol. The quantitative estimate of drug-likeness (QED) is 0.923. The molecule has 0 aliphatic heterocycles. The molecular formula is C12H17BrN2O. The summed E-state index contributed by atoms with van der Waals surface area (Å²) in [6, 6.07) is 5.92. The minimum absolute atomic E-state index is 0.0701. The number of nitrogens with two attached hydrogens (primary N) is 1. The minimum atomic E-state index is 0.0701. The van der Waals surface area contributed by atoms with Gasteiger partial charge in [0.1, 0.15) is 0 Å². The highest BCUT2D eigenvalue weighted by Gasteiger charge is 2.13. The molecule has 4 heteroatoms. The first-order valence-electron chi connectivity index (χ1n) is 5.36. The number of hydrogen-bond donors (Lipinski definition) is 1. The van der Waals surface area contributed by atoms with Crippen molar-refractivity contribution in [2.45, 2.75) is 20.3 Å². The number of halogens is 1. The second-order valence-electron chi connectivity index (χ2n) is 3.61. The zero-order valence-electron chi connectivity index (χ0n) is 9.66. The minimum Gasteiger partial charge on any atom is -0.330 e. The van der Waals surface area contributed by atoms with E-state index >= 15 is 0 Å². The largest absolute Gasteiger partial charge is 0.330 e. The standard InChI is InChI=1S/C12H17BrN2O/c1-3-15(12(16)6-7-14)10-5-4-9(2)11(13)8-10/h4-5,8H,3,6-7,14H2,1-2H3. The maximum atomic E-state index is 11.8. The van der Waals surface area contributed by atoms with Gasteiger partial charge in [-0.1, -0.05) is 22.0 Å². The number of carbonyl (C=O) groups excluding carboxylic acids is 1. The van der Waals surface area contributed by atoms with Gasteiger partial charge in [-0.2, -0.15) is 0 Å². The molecular weight excluding hydrogens is 268 g/mol. The Morgan fingerprint density at radius 1 is 1.50 bits per heavy atom. The van der Waals surface area contributed by atoms with Crippen LogP contribution in [0, 0.1) is 6.92 Å². The van der Waals surface area contributed by atoms with Crippen molar-refractivity contribution in [2.75, 3.05) is 18.0 Å². The number of carbonyl (C=O) groups is 1. The summed E-state index contributed by atoms with van der Waals surface area (Å²) < 4.78 is 1.02. The summed E-state index contributed by atoms with van der Waals surface area (Å²) in [6.07, 6.45) is 0.388. The molecule has 16 heavy (non-hydrogen) atoms. The monoisotopic (exact) mass is 284 g/mol. The molecule has 0 saturated heterocycles. The number of benzene rings is 1. The molecule has 0 spiro atoms. The van der Waals surface area contributed by atoms with Crippen LogP contribution in [0.4, 0.5) is 5.69 Å². The van der Waals surface area contributed by atoms with Crippen molar-refractivity contribution in [3.63, 3.8) is 0 Å². The molecule has 0 fully saturated rings. The molecule has 0 aliphatic rings. The smallest absolute Gasteiger partial charge is 0.228 e. The lowest BCUT2D eigenvalue weighted by Gasteiger charge is -2.21. The van der Waals surface area contributed by atoms with Gasteiger partial charge in [0.25, 0.3) is 0 Å². The molecule has 0 unspecified atom stereocenters. The van der Waals surface area contributed by atoms with Crippen LogP contribution in [-0.2, 0) is 4.79 Å². The zero-order valence-corrected chi connectivity index (χ0v) is 11.3. The Bertz CT molecular complexity index is 379. The van der Waals surface area contributed by atoms with Crippen LogP contribution >= 0.6 is 15.9 Å². The maximum absolute atomic E-state index is 11.8. The molecule has 0 aromatic heterocycles. The van der Waals surface area contributed by atoms with Gasteiger partial charge in [0.05, 0.1) is 0 Å². The van der Waals surface area contributed by atoms with Crippen molar-refractivity contribution in [1.82, 2.24) is 0 Å². The highest BCUT2D eigenvalue weighted by atomic mass is 79.9. The fourth-order valence-corrected chi connectivity index (χ4v) is 1.88. The van der Waals surface area contributed by atoms with Crippen LogP contribution < -0.4 is 10.6 Å². The van der Waals surface area contributed by atoms with Crippen LogP contribution in [-0.4, -0.2) is 19.0 Å². The maximum Gasteiger partial charge on any atom is 0.228 e. The van der Waals surface area contributed by atoms with E-state index < -0.39 is 0 Å². The van der Waals surface area contributed by atoms with Crippen LogP contribution in [0.3, 0.4) is 0 Å². The van der Waals surface area contributed by atoms with Gasteiger partial charge in [0, 0.05) is 29.7 Å². The van der Waals surface area contributed by atoms with Gasteiger partial charge in [-0.3, -0.25) is 4.79 Å². The first kappa shape index (κ1) is 13.2. The summed E-state index contributed by atoms with van der Waals surface area (Å²) in [4.78, 5) is 13.5. The molecule has 0 radical (unpaired) electrons. The van der Waals surface area contributed by atoms with Crippen molar-refractivity contribution in [3.8, 4) is 0 Å². The highest BCUT2D eigenvalue weighted by molar-refractivity contribution is 9.10. The van der Waals surface area contributed by atoms with Crippen molar-refractivity contribution >= 4 is 27.5 Å². The first-order valence-corrected chi connectivity index (χ1v) is 6.16. The Hall–Kier alpha value is -0.870. The third kappa shape index (κ3) is 3.06. The van der Waals surface area contributed by atoms with E-state index in [0.717, 1.165) is 15.7 Å². The number of anilines is 1. The molecule has 1 aromatic carbocycles. The van der Waals surface area contributed by atoms with Gasteiger partial charge < -0.3 is 10.6 Å². The van der Waals surface area contributed by atoms with E-state index in [1.165, 1.54) is 0 Å². The molecule has 1 amide bonds. The molecule has 3 nitrogen and oxygen atoms in total. The molecule has 0 saturated carbocycles. The van der Waals surface area contributed by atoms with Gasteiger partial charge >= 0.3 is 0 Å². The lowest BCUT2D eigenvalue weighted by atomic mass is 10.2. The molecule has 0 heterocycles. The molecule has 0 aliphatic carbocycles. The highest BCUT2D eigenvalue weighted by Crippen LogP contribution is 2.23. The van der Waals surface area contributed by atoms with Crippen molar-refractivity contribution in [1.29, 1.82) is 0 Å². The lowest BCUT2D eigenvalue weighted by molar-refractivity contribution is -0.118. The summed E-state index contributed by atoms with van der Waals surface area (Å²) in [7, 11) is 0. The van der Waals surface area contributed by atoms with Gasteiger partial charge in [0.15, 0.2) is 0 Å². The van der Waals surface area contributed by atoms with E-state index in [-0.39, 0.29) is 5.91 Å². The SMILES string of the molecule is CCN(C(=O)CCN)c1ccc(C)c(Br)c1. The second-order valence-corrected chi connectivity index (χ2v) is 4.46.